The molecule has 0 aliphatic heterocycles. The van der Waals surface area contributed by atoms with Gasteiger partial charge in [0.25, 0.3) is 0 Å². The van der Waals surface area contributed by atoms with E-state index >= 15 is 0 Å². The van der Waals surface area contributed by atoms with Gasteiger partial charge >= 0.3 is 0 Å². The number of hydrogen-bond donors (Lipinski definition) is 2. The summed E-state index contributed by atoms with van der Waals surface area (Å²) in [7, 11) is 3.36. The molecular weight excluding hydrogens is 218 g/mol. The van der Waals surface area contributed by atoms with Crippen LogP contribution in [-0.2, 0) is 9.59 Å². The van der Waals surface area contributed by atoms with E-state index in [9.17, 15) is 9.59 Å². The third-order valence-corrected chi connectivity index (χ3v) is 3.33. The molecule has 1 fully saturated rings. The smallest absolute Gasteiger partial charge is 0.244 e. The van der Waals surface area contributed by atoms with Gasteiger partial charge in [-0.25, -0.2) is 0 Å². The first-order valence-electron chi connectivity index (χ1n) is 6.20. The van der Waals surface area contributed by atoms with E-state index in [-0.39, 0.29) is 23.8 Å². The highest BCUT2D eigenvalue weighted by molar-refractivity contribution is 5.88. The van der Waals surface area contributed by atoms with Crippen molar-refractivity contribution in [3.05, 3.63) is 0 Å². The molecular formula is C12H23N3O2. The lowest BCUT2D eigenvalue weighted by molar-refractivity contribution is -0.135. The van der Waals surface area contributed by atoms with Gasteiger partial charge in [-0.3, -0.25) is 9.59 Å². The average Bonchev–Trinajstić information content (AvgIpc) is 2.28. The highest BCUT2D eigenvalue weighted by atomic mass is 16.2. The lowest BCUT2D eigenvalue weighted by Crippen LogP contribution is -2.50. The number of carbonyl (C=O) groups excluding carboxylic acids is 2. The minimum absolute atomic E-state index is 0.0644. The van der Waals surface area contributed by atoms with Crippen molar-refractivity contribution in [2.24, 2.45) is 11.7 Å². The number of nitrogens with zero attached hydrogens (tertiary/aromatic N) is 1. The van der Waals surface area contributed by atoms with Crippen LogP contribution in [0.3, 0.4) is 0 Å². The molecule has 0 saturated heterocycles. The summed E-state index contributed by atoms with van der Waals surface area (Å²) in [5.41, 5.74) is 5.94. The second-order valence-corrected chi connectivity index (χ2v) is 5.02. The Morgan fingerprint density at radius 1 is 1.29 bits per heavy atom. The first-order valence-corrected chi connectivity index (χ1v) is 6.20. The Labute approximate surface area is 103 Å². The zero-order valence-electron chi connectivity index (χ0n) is 10.9. The minimum atomic E-state index is -0.480. The Morgan fingerprint density at radius 3 is 2.41 bits per heavy atom. The SMILES string of the molecule is CC(NC(=O)C1CCCCC1N)C(=O)N(C)C. The topological polar surface area (TPSA) is 75.4 Å². The number of amides is 2. The number of nitrogens with two attached hydrogens (primary N) is 1. The molecule has 0 spiro atoms. The Morgan fingerprint density at radius 2 is 1.88 bits per heavy atom. The number of carbonyl (C=O) groups is 2. The van der Waals surface area contributed by atoms with Gasteiger partial charge < -0.3 is 16.0 Å². The zero-order chi connectivity index (χ0) is 13.0. The maximum absolute atomic E-state index is 12.0. The van der Waals surface area contributed by atoms with Gasteiger partial charge in [-0.2, -0.15) is 0 Å². The second-order valence-electron chi connectivity index (χ2n) is 5.02. The molecule has 0 aromatic heterocycles. The van der Waals surface area contributed by atoms with Gasteiger partial charge in [-0.05, 0) is 19.8 Å². The van der Waals surface area contributed by atoms with Crippen LogP contribution in [0.2, 0.25) is 0 Å². The van der Waals surface area contributed by atoms with Gasteiger partial charge in [-0.1, -0.05) is 12.8 Å². The fraction of sp³-hybridized carbons (Fsp3) is 0.833. The number of likely N-dealkylation sites (N-methyl/N-ethyl adjacent to an activating group) is 1. The lowest BCUT2D eigenvalue weighted by Gasteiger charge is -2.29. The third kappa shape index (κ3) is 3.70. The van der Waals surface area contributed by atoms with Crippen molar-refractivity contribution in [2.75, 3.05) is 14.1 Å². The van der Waals surface area contributed by atoms with Crippen LogP contribution in [0, 0.1) is 5.92 Å². The van der Waals surface area contributed by atoms with Crippen LogP contribution in [0.15, 0.2) is 0 Å². The molecule has 3 atom stereocenters. The second kappa shape index (κ2) is 6.00. The maximum Gasteiger partial charge on any atom is 0.244 e. The molecule has 3 N–H and O–H groups in total. The first kappa shape index (κ1) is 14.0. The van der Waals surface area contributed by atoms with Crippen molar-refractivity contribution in [1.82, 2.24) is 10.2 Å². The summed E-state index contributed by atoms with van der Waals surface area (Å²) in [6, 6.07) is -0.544. The van der Waals surface area contributed by atoms with Gasteiger partial charge in [0.2, 0.25) is 11.8 Å². The Hall–Kier alpha value is -1.10. The van der Waals surface area contributed by atoms with Crippen LogP contribution in [0.4, 0.5) is 0 Å². The van der Waals surface area contributed by atoms with Gasteiger partial charge in [0.15, 0.2) is 0 Å². The standard InChI is InChI=1S/C12H23N3O2/c1-8(12(17)15(2)3)14-11(16)9-6-4-5-7-10(9)13/h8-10H,4-7,13H2,1-3H3,(H,14,16). The fourth-order valence-electron chi connectivity index (χ4n) is 2.25. The molecule has 5 heteroatoms. The molecule has 0 aromatic rings. The van der Waals surface area contributed by atoms with Crippen molar-refractivity contribution in [3.63, 3.8) is 0 Å². The Kier molecular flexibility index (Phi) is 4.93. The van der Waals surface area contributed by atoms with Crippen LogP contribution < -0.4 is 11.1 Å². The summed E-state index contributed by atoms with van der Waals surface area (Å²) in [6.07, 6.45) is 3.86. The molecule has 1 rings (SSSR count). The van der Waals surface area contributed by atoms with E-state index in [0.29, 0.717) is 0 Å². The summed E-state index contributed by atoms with van der Waals surface area (Å²) in [5, 5.41) is 2.75. The van der Waals surface area contributed by atoms with E-state index in [1.165, 1.54) is 4.90 Å². The first-order chi connectivity index (χ1) is 7.93. The molecule has 0 radical (unpaired) electrons. The highest BCUT2D eigenvalue weighted by Gasteiger charge is 2.30. The Bertz CT molecular complexity index is 291. The van der Waals surface area contributed by atoms with Crippen molar-refractivity contribution < 1.29 is 9.59 Å². The predicted molar refractivity (Wildman–Crippen MR) is 66.2 cm³/mol. The van der Waals surface area contributed by atoms with Gasteiger partial charge in [0.05, 0.1) is 5.92 Å². The summed E-state index contributed by atoms with van der Waals surface area (Å²) in [6.45, 7) is 1.70. The molecule has 1 aliphatic rings. The molecule has 1 saturated carbocycles. The summed E-state index contributed by atoms with van der Waals surface area (Å²) in [4.78, 5) is 25.1. The van der Waals surface area contributed by atoms with Gasteiger partial charge in [0.1, 0.15) is 6.04 Å². The van der Waals surface area contributed by atoms with Crippen LogP contribution >= 0.6 is 0 Å². The molecule has 0 bridgehead atoms. The Balaban J connectivity index is 2.50. The molecule has 0 heterocycles. The maximum atomic E-state index is 12.0. The monoisotopic (exact) mass is 241 g/mol. The average molecular weight is 241 g/mol. The largest absolute Gasteiger partial charge is 0.347 e. The number of hydrogen-bond acceptors (Lipinski definition) is 3. The van der Waals surface area contributed by atoms with E-state index in [2.05, 4.69) is 5.32 Å². The molecule has 17 heavy (non-hydrogen) atoms. The summed E-state index contributed by atoms with van der Waals surface area (Å²) >= 11 is 0. The predicted octanol–water partition coefficient (Wildman–Crippen LogP) is 0.0968. The molecule has 1 aliphatic carbocycles. The summed E-state index contributed by atoms with van der Waals surface area (Å²) in [5.74, 6) is -0.316. The molecule has 3 unspecified atom stereocenters. The summed E-state index contributed by atoms with van der Waals surface area (Å²) < 4.78 is 0. The third-order valence-electron chi connectivity index (χ3n) is 3.33. The molecule has 5 nitrogen and oxygen atoms in total. The van der Waals surface area contributed by atoms with Crippen LogP contribution in [0.25, 0.3) is 0 Å². The van der Waals surface area contributed by atoms with Crippen LogP contribution in [-0.4, -0.2) is 42.9 Å². The van der Waals surface area contributed by atoms with Crippen molar-refractivity contribution in [1.29, 1.82) is 0 Å². The number of nitrogens with one attached hydrogen (secondary N) is 1. The van der Waals surface area contributed by atoms with E-state index in [0.717, 1.165) is 25.7 Å². The number of rotatable bonds is 3. The van der Waals surface area contributed by atoms with Gasteiger partial charge in [0, 0.05) is 20.1 Å². The molecule has 0 aromatic carbocycles. The molecule has 98 valence electrons. The lowest BCUT2D eigenvalue weighted by atomic mass is 9.84. The van der Waals surface area contributed by atoms with Crippen LogP contribution in [0.5, 0.6) is 0 Å². The normalized spacial score (nSPS) is 26.1. The fourth-order valence-corrected chi connectivity index (χ4v) is 2.25. The zero-order valence-corrected chi connectivity index (χ0v) is 10.9. The van der Waals surface area contributed by atoms with Gasteiger partial charge in [-0.15, -0.1) is 0 Å². The quantitative estimate of drug-likeness (QED) is 0.735. The molecule has 2 amide bonds. The van der Waals surface area contributed by atoms with E-state index in [1.54, 1.807) is 21.0 Å². The van der Waals surface area contributed by atoms with E-state index in [1.807, 2.05) is 0 Å². The van der Waals surface area contributed by atoms with Crippen molar-refractivity contribution >= 4 is 11.8 Å². The highest BCUT2D eigenvalue weighted by Crippen LogP contribution is 2.23. The van der Waals surface area contributed by atoms with E-state index < -0.39 is 6.04 Å². The van der Waals surface area contributed by atoms with Crippen molar-refractivity contribution in [2.45, 2.75) is 44.7 Å². The van der Waals surface area contributed by atoms with Crippen LogP contribution in [0.1, 0.15) is 32.6 Å². The van der Waals surface area contributed by atoms with Crippen molar-refractivity contribution in [3.8, 4) is 0 Å². The minimum Gasteiger partial charge on any atom is -0.347 e. The van der Waals surface area contributed by atoms with E-state index in [4.69, 9.17) is 5.73 Å².